The van der Waals surface area contributed by atoms with Crippen LogP contribution in [0.1, 0.15) is 45.2 Å². The average Bonchev–Trinajstić information content (AvgIpc) is 3.48. The van der Waals surface area contributed by atoms with Crippen molar-refractivity contribution < 1.29 is 17.9 Å². The maximum atomic E-state index is 13.7. The number of carbonyl (C=O) groups excluding carboxylic acids is 1. The number of carbonyl (C=O) groups is 1. The Morgan fingerprint density at radius 1 is 1.12 bits per heavy atom. The first-order valence-electron chi connectivity index (χ1n) is 10.6. The summed E-state index contributed by atoms with van der Waals surface area (Å²) in [6.45, 7) is 0.570. The van der Waals surface area contributed by atoms with Gasteiger partial charge in [0.1, 0.15) is 10.6 Å². The summed E-state index contributed by atoms with van der Waals surface area (Å²) >= 11 is 1.71. The van der Waals surface area contributed by atoms with Gasteiger partial charge in [-0.1, -0.05) is 30.3 Å². The van der Waals surface area contributed by atoms with E-state index in [4.69, 9.17) is 4.74 Å². The summed E-state index contributed by atoms with van der Waals surface area (Å²) in [7, 11) is -2.34. The topological polar surface area (TPSA) is 75.7 Å². The molecule has 6 nitrogen and oxygen atoms in total. The van der Waals surface area contributed by atoms with Crippen LogP contribution in [0.25, 0.3) is 0 Å². The van der Waals surface area contributed by atoms with Gasteiger partial charge in [0.25, 0.3) is 5.91 Å². The van der Waals surface area contributed by atoms with Crippen molar-refractivity contribution >= 4 is 27.3 Å². The van der Waals surface area contributed by atoms with Gasteiger partial charge in [0.2, 0.25) is 10.0 Å². The van der Waals surface area contributed by atoms with Crippen molar-refractivity contribution in [2.24, 2.45) is 0 Å². The first-order chi connectivity index (χ1) is 15.5. The van der Waals surface area contributed by atoms with Crippen molar-refractivity contribution in [3.63, 3.8) is 0 Å². The lowest BCUT2D eigenvalue weighted by molar-refractivity contribution is 0.0696. The van der Waals surface area contributed by atoms with Crippen LogP contribution in [0.3, 0.4) is 0 Å². The third-order valence-electron chi connectivity index (χ3n) is 5.94. The standard InChI is InChI=1S/C24H24N2O4S2/c1-30-20-10-7-17(15-22(20)32(28,29)25-18-8-9-18)24(27)26-13-11-21-19(12-14-31-21)23(26)16-5-3-2-4-6-16/h2-7,10,12,14-15,18,23,25H,8-9,11,13H2,1H3. The maximum absolute atomic E-state index is 13.7. The number of thiophene rings is 1. The van der Waals surface area contributed by atoms with Crippen molar-refractivity contribution in [3.8, 4) is 5.75 Å². The summed E-state index contributed by atoms with van der Waals surface area (Å²) in [6, 6.07) is 16.5. The number of benzene rings is 2. The lowest BCUT2D eigenvalue weighted by atomic mass is 9.92. The van der Waals surface area contributed by atoms with Gasteiger partial charge in [-0.25, -0.2) is 13.1 Å². The van der Waals surface area contributed by atoms with E-state index in [1.807, 2.05) is 35.2 Å². The summed E-state index contributed by atoms with van der Waals surface area (Å²) < 4.78 is 33.8. The molecule has 3 aromatic rings. The largest absolute Gasteiger partial charge is 0.495 e. The molecule has 1 aliphatic carbocycles. The first kappa shape index (κ1) is 21.2. The van der Waals surface area contributed by atoms with Crippen LogP contribution in [-0.2, 0) is 16.4 Å². The molecule has 1 unspecified atom stereocenters. The number of methoxy groups -OCH3 is 1. The van der Waals surface area contributed by atoms with Crippen LogP contribution in [0, 0.1) is 0 Å². The number of sulfonamides is 1. The fourth-order valence-electron chi connectivity index (χ4n) is 4.20. The second kappa shape index (κ2) is 8.35. The molecule has 0 radical (unpaired) electrons. The van der Waals surface area contributed by atoms with Gasteiger partial charge in [-0.15, -0.1) is 11.3 Å². The zero-order valence-corrected chi connectivity index (χ0v) is 19.3. The Balaban J connectivity index is 1.54. The molecule has 1 saturated carbocycles. The number of ether oxygens (including phenoxy) is 1. The van der Waals surface area contributed by atoms with E-state index < -0.39 is 10.0 Å². The predicted molar refractivity (Wildman–Crippen MR) is 124 cm³/mol. The van der Waals surface area contributed by atoms with Gasteiger partial charge < -0.3 is 9.64 Å². The quantitative estimate of drug-likeness (QED) is 0.594. The minimum absolute atomic E-state index is 0.00208. The maximum Gasteiger partial charge on any atom is 0.254 e. The fourth-order valence-corrected chi connectivity index (χ4v) is 6.60. The highest BCUT2D eigenvalue weighted by molar-refractivity contribution is 7.89. The Morgan fingerprint density at radius 2 is 1.91 bits per heavy atom. The number of rotatable bonds is 6. The molecular weight excluding hydrogens is 444 g/mol. The highest BCUT2D eigenvalue weighted by atomic mass is 32.2. The number of hydrogen-bond acceptors (Lipinski definition) is 5. The first-order valence-corrected chi connectivity index (χ1v) is 13.0. The fraction of sp³-hybridized carbons (Fsp3) is 0.292. The van der Waals surface area contributed by atoms with Crippen LogP contribution < -0.4 is 9.46 Å². The van der Waals surface area contributed by atoms with E-state index >= 15 is 0 Å². The lowest BCUT2D eigenvalue weighted by Crippen LogP contribution is -2.40. The molecule has 1 aromatic heterocycles. The monoisotopic (exact) mass is 468 g/mol. The molecule has 2 aromatic carbocycles. The van der Waals surface area contributed by atoms with Gasteiger partial charge in [0.05, 0.1) is 13.2 Å². The van der Waals surface area contributed by atoms with E-state index in [0.29, 0.717) is 12.1 Å². The molecule has 0 spiro atoms. The summed E-state index contributed by atoms with van der Waals surface area (Å²) in [5, 5.41) is 2.07. The zero-order chi connectivity index (χ0) is 22.3. The molecule has 0 saturated heterocycles. The van der Waals surface area contributed by atoms with Gasteiger partial charge in [-0.3, -0.25) is 4.79 Å². The van der Waals surface area contributed by atoms with E-state index in [-0.39, 0.29) is 28.6 Å². The summed E-state index contributed by atoms with van der Waals surface area (Å²) in [4.78, 5) is 16.8. The van der Waals surface area contributed by atoms with Gasteiger partial charge in [0.15, 0.2) is 0 Å². The van der Waals surface area contributed by atoms with Gasteiger partial charge in [-0.2, -0.15) is 0 Å². The van der Waals surface area contributed by atoms with E-state index in [1.54, 1.807) is 23.5 Å². The molecule has 166 valence electrons. The van der Waals surface area contributed by atoms with E-state index in [2.05, 4.69) is 16.2 Å². The Bertz CT molecular complexity index is 1250. The minimum Gasteiger partial charge on any atom is -0.495 e. The highest BCUT2D eigenvalue weighted by Gasteiger charge is 2.35. The summed E-state index contributed by atoms with van der Waals surface area (Å²) in [6.07, 6.45) is 2.44. The van der Waals surface area contributed by atoms with Crippen LogP contribution in [0.5, 0.6) is 5.75 Å². The Morgan fingerprint density at radius 3 is 2.62 bits per heavy atom. The molecule has 1 aliphatic heterocycles. The van der Waals surface area contributed by atoms with E-state index in [1.165, 1.54) is 18.1 Å². The molecule has 2 aliphatic rings. The van der Waals surface area contributed by atoms with Crippen LogP contribution in [0.15, 0.2) is 64.9 Å². The number of nitrogens with zero attached hydrogens (tertiary/aromatic N) is 1. The van der Waals surface area contributed by atoms with Crippen LogP contribution >= 0.6 is 11.3 Å². The second-order valence-electron chi connectivity index (χ2n) is 8.12. The Hall–Kier alpha value is -2.68. The SMILES string of the molecule is COc1ccc(C(=O)N2CCc3sccc3C2c2ccccc2)cc1S(=O)(=O)NC1CC1. The zero-order valence-electron chi connectivity index (χ0n) is 17.7. The minimum atomic E-state index is -3.78. The number of amides is 1. The number of nitrogens with one attached hydrogen (secondary N) is 1. The van der Waals surface area contributed by atoms with E-state index in [0.717, 1.165) is 30.4 Å². The molecule has 0 bridgehead atoms. The molecule has 1 fully saturated rings. The molecule has 2 heterocycles. The smallest absolute Gasteiger partial charge is 0.254 e. The van der Waals surface area contributed by atoms with Crippen molar-refractivity contribution in [3.05, 3.63) is 81.5 Å². The highest BCUT2D eigenvalue weighted by Crippen LogP contribution is 2.39. The Kier molecular flexibility index (Phi) is 5.53. The number of fused-ring (bicyclic) bond motifs is 1. The van der Waals surface area contributed by atoms with E-state index in [9.17, 15) is 13.2 Å². The van der Waals surface area contributed by atoms with Crippen molar-refractivity contribution in [1.29, 1.82) is 0 Å². The summed E-state index contributed by atoms with van der Waals surface area (Å²) in [5.74, 6) is 0.0364. The molecular formula is C24H24N2O4S2. The van der Waals surface area contributed by atoms with Crippen molar-refractivity contribution in [2.45, 2.75) is 36.2 Å². The third-order valence-corrected chi connectivity index (χ3v) is 8.48. The second-order valence-corrected chi connectivity index (χ2v) is 10.8. The molecule has 5 rings (SSSR count). The Labute approximate surface area is 191 Å². The van der Waals surface area contributed by atoms with Crippen LogP contribution in [0.4, 0.5) is 0 Å². The third kappa shape index (κ3) is 3.94. The van der Waals surface area contributed by atoms with Crippen LogP contribution in [0.2, 0.25) is 0 Å². The predicted octanol–water partition coefficient (Wildman–Crippen LogP) is 3.99. The normalized spacial score (nSPS) is 18.3. The van der Waals surface area contributed by atoms with Gasteiger partial charge >= 0.3 is 0 Å². The molecule has 1 amide bonds. The molecule has 1 atom stereocenters. The summed E-state index contributed by atoms with van der Waals surface area (Å²) in [5.41, 5.74) is 2.51. The van der Waals surface area contributed by atoms with Crippen molar-refractivity contribution in [1.82, 2.24) is 9.62 Å². The average molecular weight is 469 g/mol. The van der Waals surface area contributed by atoms with Gasteiger partial charge in [-0.05, 0) is 60.0 Å². The lowest BCUT2D eigenvalue weighted by Gasteiger charge is -2.36. The molecule has 1 N–H and O–H groups in total. The molecule has 32 heavy (non-hydrogen) atoms. The molecule has 8 heteroatoms. The van der Waals surface area contributed by atoms with Crippen molar-refractivity contribution in [2.75, 3.05) is 13.7 Å². The number of hydrogen-bond donors (Lipinski definition) is 1. The van der Waals surface area contributed by atoms with Crippen LogP contribution in [-0.4, -0.2) is 38.9 Å². The van der Waals surface area contributed by atoms with Gasteiger partial charge in [0, 0.05) is 23.0 Å².